The van der Waals surface area contributed by atoms with Gasteiger partial charge in [0.2, 0.25) is 15.9 Å². The number of likely N-dealkylation sites (N-methyl/N-ethyl adjacent to an activating group) is 1. The Kier molecular flexibility index (Phi) is 6.95. The van der Waals surface area contributed by atoms with Gasteiger partial charge in [-0.3, -0.25) is 9.69 Å². The molecule has 0 aliphatic carbocycles. The molecule has 2 aromatic rings. The van der Waals surface area contributed by atoms with E-state index in [1.165, 1.54) is 4.90 Å². The van der Waals surface area contributed by atoms with Crippen LogP contribution in [0.5, 0.6) is 0 Å². The summed E-state index contributed by atoms with van der Waals surface area (Å²) in [5.41, 5.74) is -0.444. The zero-order valence-corrected chi connectivity index (χ0v) is 18.2. The van der Waals surface area contributed by atoms with Crippen LogP contribution >= 0.6 is 11.6 Å². The van der Waals surface area contributed by atoms with E-state index < -0.39 is 31.7 Å². The largest absolute Gasteiger partial charge is 0.417 e. The van der Waals surface area contributed by atoms with E-state index in [0.717, 1.165) is 22.1 Å². The number of rotatable bonds is 5. The van der Waals surface area contributed by atoms with E-state index in [0.29, 0.717) is 6.07 Å². The summed E-state index contributed by atoms with van der Waals surface area (Å²) in [6.45, 7) is 0.808. The molecule has 0 saturated carbocycles. The topological polar surface area (TPSA) is 60.9 Å². The van der Waals surface area contributed by atoms with Gasteiger partial charge in [0, 0.05) is 38.9 Å². The molecular weight excluding hydrogens is 455 g/mol. The van der Waals surface area contributed by atoms with Crippen LogP contribution in [0.4, 0.5) is 18.9 Å². The Balaban J connectivity index is 1.64. The lowest BCUT2D eigenvalue weighted by atomic mass is 10.2. The van der Waals surface area contributed by atoms with Gasteiger partial charge in [0.05, 0.1) is 22.0 Å². The number of benzene rings is 2. The van der Waals surface area contributed by atoms with Crippen molar-refractivity contribution in [1.82, 2.24) is 9.21 Å². The Morgan fingerprint density at radius 3 is 2.26 bits per heavy atom. The summed E-state index contributed by atoms with van der Waals surface area (Å²) in [7, 11) is -2.46. The quantitative estimate of drug-likeness (QED) is 0.665. The molecule has 31 heavy (non-hydrogen) atoms. The molecule has 168 valence electrons. The van der Waals surface area contributed by atoms with Crippen molar-refractivity contribution < 1.29 is 26.4 Å². The van der Waals surface area contributed by atoms with E-state index in [1.807, 2.05) is 35.2 Å². The van der Waals surface area contributed by atoms with Crippen molar-refractivity contribution in [3.63, 3.8) is 0 Å². The Morgan fingerprint density at radius 2 is 1.68 bits per heavy atom. The highest BCUT2D eigenvalue weighted by molar-refractivity contribution is 7.89. The number of carbonyl (C=O) groups is 1. The molecule has 1 fully saturated rings. The van der Waals surface area contributed by atoms with Gasteiger partial charge in [-0.05, 0) is 30.3 Å². The second kappa shape index (κ2) is 9.15. The number of piperazine rings is 1. The summed E-state index contributed by atoms with van der Waals surface area (Å²) in [6.07, 6.45) is -4.76. The lowest BCUT2D eigenvalue weighted by Crippen LogP contribution is -2.51. The number of carbonyl (C=O) groups excluding carboxylic acids is 1. The molecule has 2 aromatic carbocycles. The minimum Gasteiger partial charge on any atom is -0.314 e. The zero-order chi connectivity index (χ0) is 22.8. The van der Waals surface area contributed by atoms with Crippen LogP contribution in [0.3, 0.4) is 0 Å². The van der Waals surface area contributed by atoms with E-state index in [-0.39, 0.29) is 38.6 Å². The molecule has 1 heterocycles. The average molecular weight is 476 g/mol. The maximum absolute atomic E-state index is 13.1. The lowest BCUT2D eigenvalue weighted by molar-refractivity contribution is -0.137. The smallest absolute Gasteiger partial charge is 0.314 e. The van der Waals surface area contributed by atoms with Gasteiger partial charge < -0.3 is 4.90 Å². The molecule has 0 spiro atoms. The first-order valence-electron chi connectivity index (χ1n) is 9.41. The summed E-state index contributed by atoms with van der Waals surface area (Å²) < 4.78 is 66.0. The van der Waals surface area contributed by atoms with Gasteiger partial charge in [0.15, 0.2) is 0 Å². The number of anilines is 1. The van der Waals surface area contributed by atoms with Gasteiger partial charge in [0.1, 0.15) is 0 Å². The molecular formula is C20H21ClF3N3O3S. The van der Waals surface area contributed by atoms with Crippen molar-refractivity contribution in [3.05, 3.63) is 59.1 Å². The normalized spacial score (nSPS) is 16.3. The van der Waals surface area contributed by atoms with Crippen LogP contribution < -0.4 is 4.90 Å². The van der Waals surface area contributed by atoms with Crippen LogP contribution in [-0.4, -0.2) is 63.3 Å². The second-order valence-electron chi connectivity index (χ2n) is 7.11. The molecule has 0 unspecified atom stereocenters. The monoisotopic (exact) mass is 475 g/mol. The summed E-state index contributed by atoms with van der Waals surface area (Å²) >= 11 is 5.58. The summed E-state index contributed by atoms with van der Waals surface area (Å²) in [4.78, 5) is 15.4. The van der Waals surface area contributed by atoms with Crippen molar-refractivity contribution in [2.45, 2.75) is 11.1 Å². The summed E-state index contributed by atoms with van der Waals surface area (Å²) in [5.74, 6) is -0.143. The minimum absolute atomic E-state index is 0.0641. The fraction of sp³-hybridized carbons (Fsp3) is 0.350. The average Bonchev–Trinajstić information content (AvgIpc) is 2.73. The van der Waals surface area contributed by atoms with Crippen LogP contribution in [-0.2, 0) is 21.0 Å². The van der Waals surface area contributed by atoms with Gasteiger partial charge >= 0.3 is 6.18 Å². The Morgan fingerprint density at radius 1 is 1.06 bits per heavy atom. The standard InChI is InChI=1S/C20H21ClF3N3O3S/c1-25(15-5-3-2-4-6-15)19(28)14-26-9-11-27(12-10-26)31(29,30)16-7-8-18(21)17(13-16)20(22,23)24/h2-8,13H,9-12,14H2,1H3. The summed E-state index contributed by atoms with van der Waals surface area (Å²) in [6, 6.07) is 11.7. The molecule has 1 aliphatic heterocycles. The molecule has 0 bridgehead atoms. The zero-order valence-electron chi connectivity index (χ0n) is 16.6. The maximum atomic E-state index is 13.1. The SMILES string of the molecule is CN(C(=O)CN1CCN(S(=O)(=O)c2ccc(Cl)c(C(F)(F)F)c2)CC1)c1ccccc1. The van der Waals surface area contributed by atoms with Gasteiger partial charge in [-0.1, -0.05) is 29.8 Å². The molecule has 6 nitrogen and oxygen atoms in total. The number of para-hydroxylation sites is 1. The summed E-state index contributed by atoms with van der Waals surface area (Å²) in [5, 5.41) is -0.558. The fourth-order valence-corrected chi connectivity index (χ4v) is 4.93. The highest BCUT2D eigenvalue weighted by Gasteiger charge is 2.36. The molecule has 11 heteroatoms. The predicted molar refractivity (Wildman–Crippen MR) is 112 cm³/mol. The molecule has 1 saturated heterocycles. The van der Waals surface area contributed by atoms with Crippen molar-refractivity contribution in [2.75, 3.05) is 44.7 Å². The third kappa shape index (κ3) is 5.38. The van der Waals surface area contributed by atoms with Gasteiger partial charge in [0.25, 0.3) is 0 Å². The van der Waals surface area contributed by atoms with Crippen LogP contribution in [0.25, 0.3) is 0 Å². The van der Waals surface area contributed by atoms with Crippen molar-refractivity contribution in [2.24, 2.45) is 0 Å². The van der Waals surface area contributed by atoms with Gasteiger partial charge in [-0.25, -0.2) is 8.42 Å². The third-order valence-corrected chi connectivity index (χ3v) is 7.31. The molecule has 0 aromatic heterocycles. The fourth-order valence-electron chi connectivity index (χ4n) is 3.25. The Bertz CT molecular complexity index is 1040. The van der Waals surface area contributed by atoms with E-state index in [4.69, 9.17) is 11.6 Å². The first kappa shape index (κ1) is 23.5. The first-order valence-corrected chi connectivity index (χ1v) is 11.2. The number of hydrogen-bond acceptors (Lipinski definition) is 4. The van der Waals surface area contributed by atoms with Crippen LogP contribution in [0, 0.1) is 0 Å². The third-order valence-electron chi connectivity index (χ3n) is 5.09. The number of nitrogens with zero attached hydrogens (tertiary/aromatic N) is 3. The molecule has 1 amide bonds. The van der Waals surface area contributed by atoms with Crippen LogP contribution in [0.1, 0.15) is 5.56 Å². The van der Waals surface area contributed by atoms with E-state index in [2.05, 4.69) is 0 Å². The van der Waals surface area contributed by atoms with E-state index in [1.54, 1.807) is 7.05 Å². The lowest BCUT2D eigenvalue weighted by Gasteiger charge is -2.34. The first-order chi connectivity index (χ1) is 14.5. The van der Waals surface area contributed by atoms with Crippen molar-refractivity contribution >= 4 is 33.2 Å². The number of alkyl halides is 3. The van der Waals surface area contributed by atoms with Crippen molar-refractivity contribution in [1.29, 1.82) is 0 Å². The number of amides is 1. The predicted octanol–water partition coefficient (Wildman–Crippen LogP) is 3.33. The van der Waals surface area contributed by atoms with E-state index >= 15 is 0 Å². The molecule has 0 radical (unpaired) electrons. The number of hydrogen-bond donors (Lipinski definition) is 0. The highest BCUT2D eigenvalue weighted by atomic mass is 35.5. The Hall–Kier alpha value is -2.14. The van der Waals surface area contributed by atoms with Gasteiger partial charge in [-0.15, -0.1) is 0 Å². The maximum Gasteiger partial charge on any atom is 0.417 e. The van der Waals surface area contributed by atoms with Crippen molar-refractivity contribution in [3.8, 4) is 0 Å². The second-order valence-corrected chi connectivity index (χ2v) is 9.45. The number of sulfonamides is 1. The number of halogens is 4. The van der Waals surface area contributed by atoms with E-state index in [9.17, 15) is 26.4 Å². The van der Waals surface area contributed by atoms with Gasteiger partial charge in [-0.2, -0.15) is 17.5 Å². The van der Waals surface area contributed by atoms with Crippen LogP contribution in [0.15, 0.2) is 53.4 Å². The Labute approximate surface area is 183 Å². The molecule has 0 atom stereocenters. The highest BCUT2D eigenvalue weighted by Crippen LogP contribution is 2.36. The molecule has 3 rings (SSSR count). The molecule has 0 N–H and O–H groups in total. The van der Waals surface area contributed by atoms with Crippen LogP contribution in [0.2, 0.25) is 5.02 Å². The molecule has 1 aliphatic rings. The minimum atomic E-state index is -4.76.